The first-order chi connectivity index (χ1) is 28.3. The van der Waals surface area contributed by atoms with Crippen molar-refractivity contribution in [2.24, 2.45) is 0 Å². The van der Waals surface area contributed by atoms with E-state index in [4.69, 9.17) is 4.98 Å². The highest BCUT2D eigenvalue weighted by Crippen LogP contribution is 2.57. The lowest BCUT2D eigenvalue weighted by molar-refractivity contribution is 1.11. The van der Waals surface area contributed by atoms with Crippen molar-refractivity contribution in [2.45, 2.75) is 0 Å². The van der Waals surface area contributed by atoms with Crippen molar-refractivity contribution in [1.82, 2.24) is 23.5 Å². The Morgan fingerprint density at radius 1 is 0.404 bits per heavy atom. The van der Waals surface area contributed by atoms with Crippen LogP contribution >= 0.6 is 0 Å². The molecule has 0 N–H and O–H groups in total. The predicted molar refractivity (Wildman–Crippen MR) is 233 cm³/mol. The fourth-order valence-electron chi connectivity index (χ4n) is 9.57. The minimum Gasteiger partial charge on any atom is -0.343 e. The molecular formula is C48H31BN8. The molecule has 0 saturated carbocycles. The first-order valence-corrected chi connectivity index (χ1v) is 19.3. The number of rotatable bonds is 4. The third-order valence-corrected chi connectivity index (χ3v) is 11.8. The van der Waals surface area contributed by atoms with Gasteiger partial charge in [0, 0.05) is 28.3 Å². The number of hydrogen-bond donors (Lipinski definition) is 0. The highest BCUT2D eigenvalue weighted by atomic mass is 15.4. The lowest BCUT2D eigenvalue weighted by atomic mass is 9.85. The van der Waals surface area contributed by atoms with Crippen LogP contribution in [0.25, 0.3) is 61.0 Å². The van der Waals surface area contributed by atoms with Crippen molar-refractivity contribution < 1.29 is 0 Å². The van der Waals surface area contributed by atoms with Gasteiger partial charge in [0.2, 0.25) is 5.78 Å². The SMILES string of the molecule is c1ccc(-n2c3cnccc3c3cccc(N4B5N(c6cccc(-n7c8ccccc8n8c9ccccc9nc78)c6)c6ccccc6N5c5ccccc54)c32)cc1. The van der Waals surface area contributed by atoms with E-state index >= 15 is 0 Å². The topological polar surface area (TPSA) is 49.8 Å². The van der Waals surface area contributed by atoms with Gasteiger partial charge in [0.15, 0.2) is 0 Å². The molecule has 266 valence electrons. The maximum atomic E-state index is 5.19. The number of imidazole rings is 2. The van der Waals surface area contributed by atoms with E-state index in [2.05, 4.69) is 209 Å². The minimum absolute atomic E-state index is 0.239. The van der Waals surface area contributed by atoms with Crippen LogP contribution in [0.4, 0.5) is 34.1 Å². The average molecular weight is 731 g/mol. The molecule has 0 atom stereocenters. The Balaban J connectivity index is 1.07. The molecule has 11 aromatic rings. The van der Waals surface area contributed by atoms with Gasteiger partial charge >= 0.3 is 7.12 Å². The molecule has 0 unspecified atom stereocenters. The summed E-state index contributed by atoms with van der Waals surface area (Å²) < 4.78 is 6.95. The molecule has 13 rings (SSSR count). The molecule has 7 aromatic carbocycles. The summed E-state index contributed by atoms with van der Waals surface area (Å²) in [5, 5.41) is 2.36. The molecule has 0 bridgehead atoms. The molecular weight excluding hydrogens is 699 g/mol. The van der Waals surface area contributed by atoms with E-state index in [1.54, 1.807) is 0 Å². The molecule has 0 spiro atoms. The molecule has 2 aliphatic heterocycles. The molecule has 6 heterocycles. The van der Waals surface area contributed by atoms with Gasteiger partial charge in [-0.15, -0.1) is 0 Å². The van der Waals surface area contributed by atoms with Crippen molar-refractivity contribution in [3.63, 3.8) is 0 Å². The average Bonchev–Trinajstić information content (AvgIpc) is 4.06. The maximum absolute atomic E-state index is 5.19. The first-order valence-electron chi connectivity index (χ1n) is 19.3. The number of fused-ring (bicyclic) bond motifs is 13. The second-order valence-electron chi connectivity index (χ2n) is 14.8. The van der Waals surface area contributed by atoms with Crippen LogP contribution < -0.4 is 14.4 Å². The maximum Gasteiger partial charge on any atom is 0.519 e. The van der Waals surface area contributed by atoms with E-state index < -0.39 is 0 Å². The molecule has 0 saturated heterocycles. The number of pyridine rings is 1. The largest absolute Gasteiger partial charge is 0.519 e. The Morgan fingerprint density at radius 2 is 1.00 bits per heavy atom. The molecule has 9 heteroatoms. The lowest BCUT2D eigenvalue weighted by Gasteiger charge is -2.32. The number of para-hydroxylation sites is 10. The second kappa shape index (κ2) is 11.4. The number of aromatic nitrogens is 5. The van der Waals surface area contributed by atoms with Crippen LogP contribution in [0, 0.1) is 0 Å². The highest BCUT2D eigenvalue weighted by molar-refractivity contribution is 6.80. The molecule has 57 heavy (non-hydrogen) atoms. The minimum atomic E-state index is -0.239. The van der Waals surface area contributed by atoms with Crippen LogP contribution in [-0.2, 0) is 0 Å². The summed E-state index contributed by atoms with van der Waals surface area (Å²) in [6, 6.07) is 63.0. The number of nitrogens with zero attached hydrogens (tertiary/aromatic N) is 8. The van der Waals surface area contributed by atoms with Gasteiger partial charge in [0.1, 0.15) is 0 Å². The lowest BCUT2D eigenvalue weighted by Crippen LogP contribution is -2.51. The fourth-order valence-corrected chi connectivity index (χ4v) is 9.57. The van der Waals surface area contributed by atoms with Gasteiger partial charge in [-0.05, 0) is 91.0 Å². The smallest absolute Gasteiger partial charge is 0.343 e. The number of benzene rings is 7. The summed E-state index contributed by atoms with van der Waals surface area (Å²) in [5.41, 5.74) is 15.5. The zero-order chi connectivity index (χ0) is 37.2. The fraction of sp³-hybridized carbons (Fsp3) is 0. The van der Waals surface area contributed by atoms with Crippen LogP contribution in [-0.4, -0.2) is 30.6 Å². The monoisotopic (exact) mass is 730 g/mol. The molecule has 4 aromatic heterocycles. The van der Waals surface area contributed by atoms with Crippen LogP contribution in [0.5, 0.6) is 0 Å². The summed E-state index contributed by atoms with van der Waals surface area (Å²) in [6.45, 7) is 0. The number of anilines is 6. The molecule has 2 aliphatic rings. The van der Waals surface area contributed by atoms with Crippen molar-refractivity contribution in [1.29, 1.82) is 0 Å². The van der Waals surface area contributed by atoms with Gasteiger partial charge in [-0.25, -0.2) is 4.98 Å². The van der Waals surface area contributed by atoms with Gasteiger partial charge in [0.25, 0.3) is 0 Å². The van der Waals surface area contributed by atoms with Crippen molar-refractivity contribution in [2.75, 3.05) is 14.4 Å². The zero-order valence-electron chi connectivity index (χ0n) is 30.6. The Morgan fingerprint density at radius 3 is 1.79 bits per heavy atom. The quantitative estimate of drug-likeness (QED) is 0.169. The van der Waals surface area contributed by atoms with Crippen LogP contribution in [0.3, 0.4) is 0 Å². The van der Waals surface area contributed by atoms with Crippen LogP contribution in [0.2, 0.25) is 0 Å². The summed E-state index contributed by atoms with van der Waals surface area (Å²) in [7, 11) is -0.239. The highest BCUT2D eigenvalue weighted by Gasteiger charge is 2.54. The Labute approximate surface area is 327 Å². The third-order valence-electron chi connectivity index (χ3n) is 11.8. The summed E-state index contributed by atoms with van der Waals surface area (Å²) in [5.74, 6) is 0.891. The normalized spacial score (nSPS) is 13.5. The van der Waals surface area contributed by atoms with Crippen LogP contribution in [0.1, 0.15) is 0 Å². The Hall–Kier alpha value is -7.78. The Kier molecular flexibility index (Phi) is 6.10. The Bertz CT molecular complexity index is 3420. The second-order valence-corrected chi connectivity index (χ2v) is 14.8. The molecule has 0 amide bonds. The van der Waals surface area contributed by atoms with Gasteiger partial charge in [-0.1, -0.05) is 84.9 Å². The molecule has 8 nitrogen and oxygen atoms in total. The van der Waals surface area contributed by atoms with Gasteiger partial charge in [0.05, 0.1) is 73.4 Å². The van der Waals surface area contributed by atoms with Gasteiger partial charge < -0.3 is 19.0 Å². The summed E-state index contributed by atoms with van der Waals surface area (Å²) >= 11 is 0. The molecule has 0 aliphatic carbocycles. The summed E-state index contributed by atoms with van der Waals surface area (Å²) in [6.07, 6.45) is 3.89. The van der Waals surface area contributed by atoms with Crippen molar-refractivity contribution in [3.8, 4) is 11.4 Å². The van der Waals surface area contributed by atoms with E-state index in [1.807, 2.05) is 12.4 Å². The van der Waals surface area contributed by atoms with E-state index in [0.717, 1.165) is 84.4 Å². The standard InChI is InChI=1S/C48H31BN8/c1-2-14-32(15-3-1)52-46-31-50-29-28-35(46)36-18-13-27-45(47(36)52)57-44-26-11-10-25-43(44)56-42-24-9-8-23-41(42)55(49(56)57)34-17-12-16-33(30-34)53-39-21-6-7-22-40(39)54-38-20-5-4-19-37(38)51-48(53)54/h1-31H. The van der Waals surface area contributed by atoms with Crippen LogP contribution in [0.15, 0.2) is 188 Å². The molecule has 0 radical (unpaired) electrons. The van der Waals surface area contributed by atoms with Crippen molar-refractivity contribution in [3.05, 3.63) is 188 Å². The van der Waals surface area contributed by atoms with Gasteiger partial charge in [-0.2, -0.15) is 0 Å². The number of hydrogen-bond acceptors (Lipinski definition) is 5. The van der Waals surface area contributed by atoms with Gasteiger partial charge in [-0.3, -0.25) is 14.0 Å². The van der Waals surface area contributed by atoms with Crippen molar-refractivity contribution >= 4 is 90.9 Å². The van der Waals surface area contributed by atoms with E-state index in [0.29, 0.717) is 0 Å². The predicted octanol–water partition coefficient (Wildman–Crippen LogP) is 11.3. The van der Waals surface area contributed by atoms with E-state index in [1.165, 1.54) is 10.8 Å². The van der Waals surface area contributed by atoms with E-state index in [9.17, 15) is 0 Å². The third kappa shape index (κ3) is 4.06. The summed E-state index contributed by atoms with van der Waals surface area (Å²) in [4.78, 5) is 17.3. The first kappa shape index (κ1) is 30.5. The zero-order valence-corrected chi connectivity index (χ0v) is 30.6. The van der Waals surface area contributed by atoms with E-state index in [-0.39, 0.29) is 7.12 Å². The molecule has 0 fully saturated rings.